The van der Waals surface area contributed by atoms with Crippen molar-refractivity contribution >= 4 is 11.9 Å². The molecule has 0 fully saturated rings. The van der Waals surface area contributed by atoms with E-state index in [1.54, 1.807) is 0 Å². The van der Waals surface area contributed by atoms with Gasteiger partial charge in [-0.2, -0.15) is 0 Å². The molecule has 4 nitrogen and oxygen atoms in total. The smallest absolute Gasteiger partial charge is 0.302 e. The first-order valence-corrected chi connectivity index (χ1v) is 7.11. The summed E-state index contributed by atoms with van der Waals surface area (Å²) in [6, 6.07) is -0.104. The number of carbonyl (C=O) groups is 2. The zero-order valence-electron chi connectivity index (χ0n) is 12.7. The van der Waals surface area contributed by atoms with Crippen molar-refractivity contribution in [1.29, 1.82) is 0 Å². The summed E-state index contributed by atoms with van der Waals surface area (Å²) in [7, 11) is 0. The van der Waals surface area contributed by atoms with Crippen molar-refractivity contribution in [2.45, 2.75) is 33.2 Å². The first-order chi connectivity index (χ1) is 9.95. The average Bonchev–Trinajstić information content (AvgIpc) is 2.55. The Morgan fingerprint density at radius 3 is 2.71 bits per heavy atom. The summed E-state index contributed by atoms with van der Waals surface area (Å²) in [6.07, 6.45) is 12.8. The number of ether oxygens (including phenoxy) is 1. The van der Waals surface area contributed by atoms with E-state index < -0.39 is 0 Å². The molecule has 0 bridgehead atoms. The Morgan fingerprint density at radius 2 is 2.05 bits per heavy atom. The van der Waals surface area contributed by atoms with E-state index in [1.165, 1.54) is 13.8 Å². The van der Waals surface area contributed by atoms with Crippen LogP contribution in [0.5, 0.6) is 0 Å². The van der Waals surface area contributed by atoms with E-state index in [0.29, 0.717) is 13.0 Å². The van der Waals surface area contributed by atoms with E-state index in [1.807, 2.05) is 25.2 Å². The number of rotatable bonds is 4. The van der Waals surface area contributed by atoms with Crippen molar-refractivity contribution in [3.63, 3.8) is 0 Å². The van der Waals surface area contributed by atoms with Gasteiger partial charge in [0, 0.05) is 19.3 Å². The third-order valence-corrected chi connectivity index (χ3v) is 3.95. The molecule has 0 aromatic heterocycles. The molecular weight excluding hydrogens is 266 g/mol. The maximum Gasteiger partial charge on any atom is 0.302 e. The number of hydrogen-bond donors (Lipinski definition) is 1. The molecule has 0 saturated heterocycles. The second-order valence-electron chi connectivity index (χ2n) is 5.52. The fourth-order valence-corrected chi connectivity index (χ4v) is 3.06. The van der Waals surface area contributed by atoms with Crippen LogP contribution in [0.15, 0.2) is 47.6 Å². The number of fused-ring (bicyclic) bond motifs is 1. The van der Waals surface area contributed by atoms with Gasteiger partial charge in [0.2, 0.25) is 5.91 Å². The quantitative estimate of drug-likeness (QED) is 0.808. The summed E-state index contributed by atoms with van der Waals surface area (Å²) in [5.41, 5.74) is 1.89. The zero-order chi connectivity index (χ0) is 15.5. The molecule has 1 amide bonds. The molecule has 21 heavy (non-hydrogen) atoms. The number of carbonyl (C=O) groups excluding carboxylic acids is 2. The van der Waals surface area contributed by atoms with Gasteiger partial charge in [0.1, 0.15) is 0 Å². The molecule has 0 heterocycles. The van der Waals surface area contributed by atoms with E-state index in [2.05, 4.69) is 23.5 Å². The van der Waals surface area contributed by atoms with Crippen LogP contribution >= 0.6 is 0 Å². The molecular formula is C17H21NO3. The highest BCUT2D eigenvalue weighted by molar-refractivity contribution is 5.74. The van der Waals surface area contributed by atoms with Crippen LogP contribution in [0.3, 0.4) is 0 Å². The Labute approximate surface area is 125 Å². The van der Waals surface area contributed by atoms with Crippen LogP contribution in [-0.2, 0) is 14.3 Å². The fourth-order valence-electron chi connectivity index (χ4n) is 3.06. The van der Waals surface area contributed by atoms with Crippen molar-refractivity contribution in [1.82, 2.24) is 5.32 Å². The van der Waals surface area contributed by atoms with Crippen molar-refractivity contribution < 1.29 is 14.3 Å². The summed E-state index contributed by atoms with van der Waals surface area (Å²) >= 11 is 0. The standard InChI is InChI=1S/C17H21NO3/c1-12-11-15-7-5-4-6-8-17(15,9-10-21-14(3)20)16(12)18-13(2)19/h4-8,11,16H,9-10H2,1-3H3,(H,18,19)/t16-,17-/m0/s1. The van der Waals surface area contributed by atoms with Crippen LogP contribution in [-0.4, -0.2) is 24.5 Å². The SMILES string of the molecule is CC(=O)N[C@H]1C(C)=CC2=CC=CC=C[C@]21CCOC(C)=O. The highest BCUT2D eigenvalue weighted by Crippen LogP contribution is 2.47. The van der Waals surface area contributed by atoms with E-state index in [4.69, 9.17) is 4.74 Å². The predicted octanol–water partition coefficient (Wildman–Crippen LogP) is 2.44. The van der Waals surface area contributed by atoms with Crippen molar-refractivity contribution in [2.24, 2.45) is 5.41 Å². The summed E-state index contributed by atoms with van der Waals surface area (Å²) in [4.78, 5) is 22.6. The topological polar surface area (TPSA) is 55.4 Å². The Kier molecular flexibility index (Phi) is 4.46. The van der Waals surface area contributed by atoms with Gasteiger partial charge in [0.25, 0.3) is 0 Å². The van der Waals surface area contributed by atoms with Gasteiger partial charge in [-0.3, -0.25) is 9.59 Å². The second-order valence-corrected chi connectivity index (χ2v) is 5.52. The molecule has 2 aliphatic rings. The van der Waals surface area contributed by atoms with Crippen LogP contribution in [0.2, 0.25) is 0 Å². The Morgan fingerprint density at radius 1 is 1.29 bits per heavy atom. The molecule has 0 aliphatic heterocycles. The van der Waals surface area contributed by atoms with E-state index in [0.717, 1.165) is 11.1 Å². The highest BCUT2D eigenvalue weighted by atomic mass is 16.5. The fraction of sp³-hybridized carbons (Fsp3) is 0.412. The first kappa shape index (κ1) is 15.3. The minimum Gasteiger partial charge on any atom is -0.466 e. The molecule has 2 rings (SSSR count). The van der Waals surface area contributed by atoms with E-state index >= 15 is 0 Å². The van der Waals surface area contributed by atoms with E-state index in [9.17, 15) is 9.59 Å². The third-order valence-electron chi connectivity index (χ3n) is 3.95. The third kappa shape index (κ3) is 3.15. The number of amides is 1. The number of hydrogen-bond acceptors (Lipinski definition) is 3. The monoisotopic (exact) mass is 287 g/mol. The molecule has 2 aliphatic carbocycles. The molecule has 0 spiro atoms. The molecule has 112 valence electrons. The summed E-state index contributed by atoms with van der Waals surface area (Å²) in [5, 5.41) is 3.03. The van der Waals surface area contributed by atoms with Crippen molar-refractivity contribution in [3.05, 3.63) is 47.6 Å². The molecule has 0 unspecified atom stereocenters. The molecule has 0 aromatic carbocycles. The lowest BCUT2D eigenvalue weighted by Crippen LogP contribution is -2.45. The number of nitrogens with one attached hydrogen (secondary N) is 1. The predicted molar refractivity (Wildman–Crippen MR) is 81.4 cm³/mol. The van der Waals surface area contributed by atoms with Gasteiger partial charge in [-0.25, -0.2) is 0 Å². The lowest BCUT2D eigenvalue weighted by molar-refractivity contribution is -0.141. The lowest BCUT2D eigenvalue weighted by atomic mass is 9.74. The van der Waals surface area contributed by atoms with Gasteiger partial charge < -0.3 is 10.1 Å². The lowest BCUT2D eigenvalue weighted by Gasteiger charge is -2.35. The van der Waals surface area contributed by atoms with Crippen LogP contribution in [0, 0.1) is 5.41 Å². The minimum atomic E-state index is -0.352. The molecule has 0 saturated carbocycles. The highest BCUT2D eigenvalue weighted by Gasteiger charge is 2.44. The number of esters is 1. The Hall–Kier alpha value is -2.10. The van der Waals surface area contributed by atoms with Gasteiger partial charge in [0.05, 0.1) is 12.6 Å². The average molecular weight is 287 g/mol. The van der Waals surface area contributed by atoms with Crippen molar-refractivity contribution in [2.75, 3.05) is 6.61 Å². The maximum atomic E-state index is 11.5. The normalized spacial score (nSPS) is 26.5. The van der Waals surface area contributed by atoms with Crippen LogP contribution in [0.1, 0.15) is 27.2 Å². The zero-order valence-corrected chi connectivity index (χ0v) is 12.7. The van der Waals surface area contributed by atoms with Gasteiger partial charge in [-0.05, 0) is 24.5 Å². The second kappa shape index (κ2) is 6.12. The van der Waals surface area contributed by atoms with E-state index in [-0.39, 0.29) is 23.3 Å². The van der Waals surface area contributed by atoms with Crippen molar-refractivity contribution in [3.8, 4) is 0 Å². The molecule has 4 heteroatoms. The first-order valence-electron chi connectivity index (χ1n) is 7.11. The number of allylic oxidation sites excluding steroid dienone is 5. The minimum absolute atomic E-state index is 0.0635. The van der Waals surface area contributed by atoms with Gasteiger partial charge in [0.15, 0.2) is 0 Å². The molecule has 0 radical (unpaired) electrons. The summed E-state index contributed by atoms with van der Waals surface area (Å²) < 4.78 is 5.12. The summed E-state index contributed by atoms with van der Waals surface area (Å²) in [6.45, 7) is 5.27. The van der Waals surface area contributed by atoms with Gasteiger partial charge in [-0.15, -0.1) is 0 Å². The molecule has 0 aromatic rings. The van der Waals surface area contributed by atoms with Crippen LogP contribution < -0.4 is 5.32 Å². The Balaban J connectivity index is 2.32. The maximum absolute atomic E-state index is 11.5. The molecule has 2 atom stereocenters. The summed E-state index contributed by atoms with van der Waals surface area (Å²) in [5.74, 6) is -0.349. The van der Waals surface area contributed by atoms with Crippen LogP contribution in [0.4, 0.5) is 0 Å². The van der Waals surface area contributed by atoms with Crippen LogP contribution in [0.25, 0.3) is 0 Å². The van der Waals surface area contributed by atoms with Gasteiger partial charge in [-0.1, -0.05) is 36.5 Å². The molecule has 1 N–H and O–H groups in total. The van der Waals surface area contributed by atoms with Gasteiger partial charge >= 0.3 is 5.97 Å². The largest absolute Gasteiger partial charge is 0.466 e. The Bertz CT molecular complexity index is 569.